The Balaban J connectivity index is 2.10. The average Bonchev–Trinajstić information content (AvgIpc) is 2.50. The van der Waals surface area contributed by atoms with Gasteiger partial charge in [0.15, 0.2) is 17.7 Å². The maximum absolute atomic E-state index is 13.5. The highest BCUT2D eigenvalue weighted by molar-refractivity contribution is 6.03. The minimum absolute atomic E-state index is 0.140. The van der Waals surface area contributed by atoms with Crippen LogP contribution in [0, 0.1) is 11.6 Å². The molecule has 0 aliphatic heterocycles. The molecule has 0 aromatic heterocycles. The molecule has 0 bridgehead atoms. The van der Waals surface area contributed by atoms with Crippen molar-refractivity contribution in [2.45, 2.75) is 13.0 Å². The second kappa shape index (κ2) is 6.87. The van der Waals surface area contributed by atoms with E-state index in [0.29, 0.717) is 6.07 Å². The Hall–Kier alpha value is -2.96. The molecule has 0 fully saturated rings. The van der Waals surface area contributed by atoms with E-state index in [0.717, 1.165) is 12.1 Å². The highest BCUT2D eigenvalue weighted by atomic mass is 19.1. The van der Waals surface area contributed by atoms with Crippen molar-refractivity contribution in [1.82, 2.24) is 0 Å². The fraction of sp³-hybridized carbons (Fsp3) is 0.125. The number of hydrogen-bond donors (Lipinski definition) is 2. The highest BCUT2D eigenvalue weighted by Gasteiger charge is 2.19. The van der Waals surface area contributed by atoms with E-state index in [-0.39, 0.29) is 17.0 Å². The molecule has 23 heavy (non-hydrogen) atoms. The number of amides is 2. The lowest BCUT2D eigenvalue weighted by Gasteiger charge is -2.16. The standard InChI is InChI=1S/C16H14F2N2O3/c1-9(23-14-7-6-10(17)8-12(14)18)16(22)20-13-5-3-2-4-11(13)15(19)21/h2-9H,1H3,(H2,19,21)(H,20,22). The Morgan fingerprint density at radius 2 is 1.87 bits per heavy atom. The highest BCUT2D eigenvalue weighted by Crippen LogP contribution is 2.20. The van der Waals surface area contributed by atoms with Gasteiger partial charge in [0.05, 0.1) is 11.3 Å². The van der Waals surface area contributed by atoms with Gasteiger partial charge in [-0.15, -0.1) is 0 Å². The third-order valence-corrected chi connectivity index (χ3v) is 3.02. The number of rotatable bonds is 5. The van der Waals surface area contributed by atoms with Crippen molar-refractivity contribution in [3.63, 3.8) is 0 Å². The Kier molecular flexibility index (Phi) is 4.90. The van der Waals surface area contributed by atoms with Crippen molar-refractivity contribution in [2.75, 3.05) is 5.32 Å². The number of halogens is 2. The molecular formula is C16H14F2N2O3. The first-order chi connectivity index (χ1) is 10.9. The van der Waals surface area contributed by atoms with Crippen molar-refractivity contribution < 1.29 is 23.1 Å². The predicted molar refractivity (Wildman–Crippen MR) is 80.0 cm³/mol. The number of ether oxygens (including phenoxy) is 1. The second-order valence-corrected chi connectivity index (χ2v) is 4.73. The lowest BCUT2D eigenvalue weighted by Crippen LogP contribution is -2.31. The third-order valence-electron chi connectivity index (χ3n) is 3.02. The van der Waals surface area contributed by atoms with Crippen LogP contribution in [0.2, 0.25) is 0 Å². The molecule has 2 rings (SSSR count). The summed E-state index contributed by atoms with van der Waals surface area (Å²) in [5.41, 5.74) is 5.58. The summed E-state index contributed by atoms with van der Waals surface area (Å²) in [6.07, 6.45) is -1.07. The minimum Gasteiger partial charge on any atom is -0.478 e. The summed E-state index contributed by atoms with van der Waals surface area (Å²) in [5, 5.41) is 2.48. The molecule has 1 unspecified atom stereocenters. The summed E-state index contributed by atoms with van der Waals surface area (Å²) < 4.78 is 31.5. The largest absolute Gasteiger partial charge is 0.478 e. The van der Waals surface area contributed by atoms with E-state index in [1.807, 2.05) is 0 Å². The SMILES string of the molecule is CC(Oc1ccc(F)cc1F)C(=O)Nc1ccccc1C(N)=O. The van der Waals surface area contributed by atoms with E-state index in [1.54, 1.807) is 12.1 Å². The van der Waals surface area contributed by atoms with E-state index in [9.17, 15) is 18.4 Å². The summed E-state index contributed by atoms with van der Waals surface area (Å²) in [6, 6.07) is 8.95. The van der Waals surface area contributed by atoms with Gasteiger partial charge in [-0.1, -0.05) is 12.1 Å². The van der Waals surface area contributed by atoms with E-state index in [1.165, 1.54) is 19.1 Å². The number of hydrogen-bond acceptors (Lipinski definition) is 3. The Morgan fingerprint density at radius 1 is 1.17 bits per heavy atom. The molecule has 2 aromatic carbocycles. The summed E-state index contributed by atoms with van der Waals surface area (Å²) in [6.45, 7) is 1.39. The summed E-state index contributed by atoms with van der Waals surface area (Å²) in [4.78, 5) is 23.4. The second-order valence-electron chi connectivity index (χ2n) is 4.73. The molecule has 0 spiro atoms. The number of primary amides is 1. The van der Waals surface area contributed by atoms with E-state index in [2.05, 4.69) is 5.32 Å². The molecule has 3 N–H and O–H groups in total. The lowest BCUT2D eigenvalue weighted by molar-refractivity contribution is -0.122. The van der Waals surface area contributed by atoms with Crippen LogP contribution >= 0.6 is 0 Å². The number of anilines is 1. The normalized spacial score (nSPS) is 11.6. The number of carbonyl (C=O) groups excluding carboxylic acids is 2. The van der Waals surface area contributed by atoms with Crippen LogP contribution in [0.3, 0.4) is 0 Å². The number of para-hydroxylation sites is 1. The Morgan fingerprint density at radius 3 is 2.52 bits per heavy atom. The third kappa shape index (κ3) is 4.03. The fourth-order valence-corrected chi connectivity index (χ4v) is 1.86. The quantitative estimate of drug-likeness (QED) is 0.888. The molecule has 7 heteroatoms. The lowest BCUT2D eigenvalue weighted by atomic mass is 10.1. The van der Waals surface area contributed by atoms with Gasteiger partial charge in [-0.25, -0.2) is 8.78 Å². The van der Waals surface area contributed by atoms with Crippen LogP contribution in [0.25, 0.3) is 0 Å². The van der Waals surface area contributed by atoms with E-state index >= 15 is 0 Å². The predicted octanol–water partition coefficient (Wildman–Crippen LogP) is 2.47. The number of benzene rings is 2. The first-order valence-electron chi connectivity index (χ1n) is 6.70. The number of nitrogens with two attached hydrogens (primary N) is 1. The smallest absolute Gasteiger partial charge is 0.265 e. The monoisotopic (exact) mass is 320 g/mol. The van der Waals surface area contributed by atoms with Gasteiger partial charge in [0.2, 0.25) is 0 Å². The molecule has 1 atom stereocenters. The van der Waals surface area contributed by atoms with Crippen LogP contribution in [-0.2, 0) is 4.79 Å². The van der Waals surface area contributed by atoms with E-state index < -0.39 is 29.6 Å². The zero-order valence-electron chi connectivity index (χ0n) is 12.2. The van der Waals surface area contributed by atoms with Crippen LogP contribution in [0.1, 0.15) is 17.3 Å². The fourth-order valence-electron chi connectivity index (χ4n) is 1.86. The maximum atomic E-state index is 13.5. The summed E-state index contributed by atoms with van der Waals surface area (Å²) >= 11 is 0. The van der Waals surface area contributed by atoms with Gasteiger partial charge in [-0.2, -0.15) is 0 Å². The molecular weight excluding hydrogens is 306 g/mol. The van der Waals surface area contributed by atoms with Gasteiger partial charge in [0.1, 0.15) is 5.82 Å². The van der Waals surface area contributed by atoms with Crippen molar-refractivity contribution in [1.29, 1.82) is 0 Å². The van der Waals surface area contributed by atoms with Gasteiger partial charge < -0.3 is 15.8 Å². The summed E-state index contributed by atoms with van der Waals surface area (Å²) in [5.74, 6) is -3.22. The van der Waals surface area contributed by atoms with E-state index in [4.69, 9.17) is 10.5 Å². The molecule has 2 amide bonds. The van der Waals surface area contributed by atoms with Crippen LogP contribution < -0.4 is 15.8 Å². The van der Waals surface area contributed by atoms with Crippen LogP contribution in [0.5, 0.6) is 5.75 Å². The van der Waals surface area contributed by atoms with Crippen LogP contribution in [-0.4, -0.2) is 17.9 Å². The Labute approximate surface area is 131 Å². The first kappa shape index (κ1) is 16.4. The van der Waals surface area contributed by atoms with Gasteiger partial charge in [0.25, 0.3) is 11.8 Å². The minimum atomic E-state index is -1.07. The van der Waals surface area contributed by atoms with Crippen LogP contribution in [0.4, 0.5) is 14.5 Å². The van der Waals surface area contributed by atoms with Crippen molar-refractivity contribution in [3.05, 3.63) is 59.7 Å². The van der Waals surface area contributed by atoms with Gasteiger partial charge in [-0.3, -0.25) is 9.59 Å². The maximum Gasteiger partial charge on any atom is 0.265 e. The topological polar surface area (TPSA) is 81.4 Å². The number of carbonyl (C=O) groups is 2. The molecule has 120 valence electrons. The first-order valence-corrected chi connectivity index (χ1v) is 6.70. The van der Waals surface area contributed by atoms with Crippen molar-refractivity contribution >= 4 is 17.5 Å². The van der Waals surface area contributed by atoms with Crippen molar-refractivity contribution in [3.8, 4) is 5.75 Å². The van der Waals surface area contributed by atoms with Gasteiger partial charge >= 0.3 is 0 Å². The zero-order chi connectivity index (χ0) is 17.0. The molecule has 0 saturated carbocycles. The van der Waals surface area contributed by atoms with Crippen LogP contribution in [0.15, 0.2) is 42.5 Å². The average molecular weight is 320 g/mol. The summed E-state index contributed by atoms with van der Waals surface area (Å²) in [7, 11) is 0. The number of nitrogens with one attached hydrogen (secondary N) is 1. The molecule has 0 saturated heterocycles. The molecule has 0 aliphatic carbocycles. The van der Waals surface area contributed by atoms with Gasteiger partial charge in [0, 0.05) is 6.07 Å². The van der Waals surface area contributed by atoms with Crippen molar-refractivity contribution in [2.24, 2.45) is 5.73 Å². The molecule has 5 nitrogen and oxygen atoms in total. The molecule has 0 aliphatic rings. The zero-order valence-corrected chi connectivity index (χ0v) is 12.2. The molecule has 0 heterocycles. The molecule has 2 aromatic rings. The Bertz CT molecular complexity index is 750. The molecule has 0 radical (unpaired) electrons. The van der Waals surface area contributed by atoms with Gasteiger partial charge in [-0.05, 0) is 31.2 Å².